The lowest BCUT2D eigenvalue weighted by atomic mass is 9.87. The third-order valence-electron chi connectivity index (χ3n) is 5.80. The number of carbonyl (C=O) groups excluding carboxylic acids is 1. The van der Waals surface area contributed by atoms with Gasteiger partial charge in [-0.05, 0) is 43.4 Å². The molecule has 2 amide bonds. The van der Waals surface area contributed by atoms with Gasteiger partial charge in [0.1, 0.15) is 0 Å². The minimum atomic E-state index is 0.0778. The van der Waals surface area contributed by atoms with Gasteiger partial charge in [-0.25, -0.2) is 4.79 Å². The van der Waals surface area contributed by atoms with Crippen LogP contribution < -0.4 is 5.32 Å². The molecule has 1 aliphatic carbocycles. The molecule has 5 heteroatoms. The molecule has 3 aliphatic rings. The van der Waals surface area contributed by atoms with Crippen molar-refractivity contribution in [3.8, 4) is 0 Å². The number of hydrogen-bond acceptors (Lipinski definition) is 2. The van der Waals surface area contributed by atoms with Crippen molar-refractivity contribution in [2.45, 2.75) is 31.1 Å². The van der Waals surface area contributed by atoms with Crippen molar-refractivity contribution >= 4 is 17.6 Å². The summed E-state index contributed by atoms with van der Waals surface area (Å²) >= 11 is 5.97. The average Bonchev–Trinajstić information content (AvgIpc) is 3.03. The summed E-state index contributed by atoms with van der Waals surface area (Å²) in [6, 6.07) is 8.12. The molecule has 0 aromatic heterocycles. The summed E-state index contributed by atoms with van der Waals surface area (Å²) in [5.41, 5.74) is 1.63. The Balaban J connectivity index is 1.34. The van der Waals surface area contributed by atoms with Crippen molar-refractivity contribution in [3.63, 3.8) is 0 Å². The van der Waals surface area contributed by atoms with Gasteiger partial charge in [0.25, 0.3) is 0 Å². The first-order valence-electron chi connectivity index (χ1n) is 8.48. The quantitative estimate of drug-likeness (QED) is 0.922. The molecule has 1 saturated carbocycles. The van der Waals surface area contributed by atoms with Gasteiger partial charge in [0, 0.05) is 42.1 Å². The van der Waals surface area contributed by atoms with Crippen LogP contribution in [0.4, 0.5) is 4.79 Å². The largest absolute Gasteiger partial charge is 0.381 e. The van der Waals surface area contributed by atoms with E-state index in [-0.39, 0.29) is 16.9 Å². The number of likely N-dealkylation sites (tertiary alicyclic amines) is 1. The number of halogens is 1. The van der Waals surface area contributed by atoms with Crippen molar-refractivity contribution in [3.05, 3.63) is 34.9 Å². The summed E-state index contributed by atoms with van der Waals surface area (Å²) in [6.07, 6.45) is 4.42. The maximum Gasteiger partial charge on any atom is 0.317 e. The number of nitrogens with one attached hydrogen (secondary N) is 1. The number of benzene rings is 1. The monoisotopic (exact) mass is 334 g/mol. The lowest BCUT2D eigenvalue weighted by Crippen LogP contribution is -2.42. The number of ether oxygens (including phenoxy) is 1. The van der Waals surface area contributed by atoms with Crippen LogP contribution >= 0.6 is 11.6 Å². The SMILES string of the molecule is O=C(NCC1(c2ccc(Cl)cc2)CC1)N1CCC2(CCOC2)C1. The Labute approximate surface area is 142 Å². The summed E-state index contributed by atoms with van der Waals surface area (Å²) in [6.45, 7) is 4.06. The highest BCUT2D eigenvalue weighted by Crippen LogP contribution is 2.48. The lowest BCUT2D eigenvalue weighted by molar-refractivity contribution is 0.152. The van der Waals surface area contributed by atoms with Gasteiger partial charge in [-0.2, -0.15) is 0 Å². The van der Waals surface area contributed by atoms with Crippen molar-refractivity contribution in [2.24, 2.45) is 5.41 Å². The van der Waals surface area contributed by atoms with E-state index in [4.69, 9.17) is 16.3 Å². The molecule has 1 unspecified atom stereocenters. The number of amides is 2. The predicted octanol–water partition coefficient (Wildman–Crippen LogP) is 3.19. The Morgan fingerprint density at radius 3 is 2.65 bits per heavy atom. The Bertz CT molecular complexity index is 592. The molecule has 2 saturated heterocycles. The topological polar surface area (TPSA) is 41.6 Å². The van der Waals surface area contributed by atoms with Crippen LogP contribution in [0.1, 0.15) is 31.2 Å². The summed E-state index contributed by atoms with van der Waals surface area (Å²) in [5.74, 6) is 0. The molecule has 2 aliphatic heterocycles. The summed E-state index contributed by atoms with van der Waals surface area (Å²) in [5, 5.41) is 3.92. The van der Waals surface area contributed by atoms with Crippen LogP contribution in [0.5, 0.6) is 0 Å². The fourth-order valence-electron chi connectivity index (χ4n) is 3.96. The third kappa shape index (κ3) is 2.94. The van der Waals surface area contributed by atoms with Crippen LogP contribution in [0, 0.1) is 5.41 Å². The van der Waals surface area contributed by atoms with Crippen LogP contribution in [0.3, 0.4) is 0 Å². The van der Waals surface area contributed by atoms with Gasteiger partial charge >= 0.3 is 6.03 Å². The normalized spacial score (nSPS) is 28.3. The van der Waals surface area contributed by atoms with E-state index in [2.05, 4.69) is 17.4 Å². The van der Waals surface area contributed by atoms with Crippen molar-refractivity contribution in [2.75, 3.05) is 32.8 Å². The van der Waals surface area contributed by atoms with E-state index in [1.54, 1.807) is 0 Å². The number of nitrogens with zero attached hydrogens (tertiary/aromatic N) is 1. The zero-order valence-electron chi connectivity index (χ0n) is 13.3. The highest BCUT2D eigenvalue weighted by atomic mass is 35.5. The Morgan fingerprint density at radius 1 is 1.22 bits per heavy atom. The average molecular weight is 335 g/mol. The molecule has 4 nitrogen and oxygen atoms in total. The van der Waals surface area contributed by atoms with E-state index in [9.17, 15) is 4.79 Å². The zero-order valence-corrected chi connectivity index (χ0v) is 14.1. The van der Waals surface area contributed by atoms with E-state index in [1.165, 1.54) is 5.56 Å². The number of carbonyl (C=O) groups is 1. The molecule has 1 aromatic rings. The van der Waals surface area contributed by atoms with Crippen LogP contribution in [0.25, 0.3) is 0 Å². The van der Waals surface area contributed by atoms with Gasteiger partial charge in [0.2, 0.25) is 0 Å². The van der Waals surface area contributed by atoms with E-state index < -0.39 is 0 Å². The second kappa shape index (κ2) is 5.67. The van der Waals surface area contributed by atoms with Crippen molar-refractivity contribution in [1.29, 1.82) is 0 Å². The van der Waals surface area contributed by atoms with Crippen molar-refractivity contribution in [1.82, 2.24) is 10.2 Å². The first-order valence-corrected chi connectivity index (χ1v) is 8.85. The van der Waals surface area contributed by atoms with Gasteiger partial charge in [0.05, 0.1) is 6.61 Å². The van der Waals surface area contributed by atoms with Crippen molar-refractivity contribution < 1.29 is 9.53 Å². The van der Waals surface area contributed by atoms with Gasteiger partial charge in [-0.15, -0.1) is 0 Å². The lowest BCUT2D eigenvalue weighted by Gasteiger charge is -2.24. The van der Waals surface area contributed by atoms with Crippen LogP contribution in [0.2, 0.25) is 5.02 Å². The smallest absolute Gasteiger partial charge is 0.317 e. The zero-order chi connectivity index (χ0) is 15.9. The van der Waals surface area contributed by atoms with Crippen LogP contribution in [-0.2, 0) is 10.2 Å². The van der Waals surface area contributed by atoms with Crippen LogP contribution in [0.15, 0.2) is 24.3 Å². The number of urea groups is 1. The van der Waals surface area contributed by atoms with Gasteiger partial charge < -0.3 is 15.0 Å². The van der Waals surface area contributed by atoms with E-state index in [1.807, 2.05) is 17.0 Å². The number of rotatable bonds is 3. The first-order chi connectivity index (χ1) is 11.1. The molecule has 4 rings (SSSR count). The molecule has 3 fully saturated rings. The minimum Gasteiger partial charge on any atom is -0.381 e. The fourth-order valence-corrected chi connectivity index (χ4v) is 4.08. The molecule has 1 spiro atoms. The maximum atomic E-state index is 12.5. The molecule has 1 aromatic carbocycles. The van der Waals surface area contributed by atoms with E-state index in [0.29, 0.717) is 6.54 Å². The standard InChI is InChI=1S/C18H23ClN2O2/c19-15-3-1-14(2-4-15)18(5-6-18)11-20-16(22)21-9-7-17(12-21)8-10-23-13-17/h1-4H,5-13H2,(H,20,22). The molecule has 2 heterocycles. The highest BCUT2D eigenvalue weighted by molar-refractivity contribution is 6.30. The third-order valence-corrected chi connectivity index (χ3v) is 6.05. The number of hydrogen-bond donors (Lipinski definition) is 1. The molecule has 124 valence electrons. The highest BCUT2D eigenvalue weighted by Gasteiger charge is 2.46. The Kier molecular flexibility index (Phi) is 3.77. The second-order valence-corrected chi connectivity index (χ2v) is 7.86. The summed E-state index contributed by atoms with van der Waals surface area (Å²) in [4.78, 5) is 14.5. The molecule has 23 heavy (non-hydrogen) atoms. The second-order valence-electron chi connectivity index (χ2n) is 7.42. The van der Waals surface area contributed by atoms with Gasteiger partial charge in [-0.1, -0.05) is 23.7 Å². The maximum absolute atomic E-state index is 12.5. The fraction of sp³-hybridized carbons (Fsp3) is 0.611. The Hall–Kier alpha value is -1.26. The predicted molar refractivity (Wildman–Crippen MR) is 89.8 cm³/mol. The van der Waals surface area contributed by atoms with E-state index >= 15 is 0 Å². The van der Waals surface area contributed by atoms with Crippen LogP contribution in [-0.4, -0.2) is 43.8 Å². The first kappa shape index (κ1) is 15.3. The van der Waals surface area contributed by atoms with E-state index in [0.717, 1.165) is 57.0 Å². The molecule has 0 radical (unpaired) electrons. The molecule has 0 bridgehead atoms. The Morgan fingerprint density at radius 2 is 2.00 bits per heavy atom. The summed E-state index contributed by atoms with van der Waals surface area (Å²) < 4.78 is 5.53. The minimum absolute atomic E-state index is 0.0778. The molecular weight excluding hydrogens is 312 g/mol. The molecule has 1 atom stereocenters. The molecule has 1 N–H and O–H groups in total. The van der Waals surface area contributed by atoms with Gasteiger partial charge in [-0.3, -0.25) is 0 Å². The van der Waals surface area contributed by atoms with Gasteiger partial charge in [0.15, 0.2) is 0 Å². The summed E-state index contributed by atoms with van der Waals surface area (Å²) in [7, 11) is 0. The molecular formula is C18H23ClN2O2.